The van der Waals surface area contributed by atoms with E-state index < -0.39 is 29.5 Å². The van der Waals surface area contributed by atoms with Gasteiger partial charge in [-0.2, -0.15) is 0 Å². The molecule has 0 radical (unpaired) electrons. The van der Waals surface area contributed by atoms with Gasteiger partial charge in [0.05, 0.1) is 12.6 Å². The van der Waals surface area contributed by atoms with Crippen molar-refractivity contribution in [2.75, 3.05) is 18.5 Å². The van der Waals surface area contributed by atoms with E-state index in [2.05, 4.69) is 5.32 Å². The van der Waals surface area contributed by atoms with Gasteiger partial charge in [-0.15, -0.1) is 0 Å². The van der Waals surface area contributed by atoms with Gasteiger partial charge in [0, 0.05) is 16.8 Å². The van der Waals surface area contributed by atoms with Gasteiger partial charge in [0.2, 0.25) is 5.91 Å². The molecule has 0 saturated carbocycles. The summed E-state index contributed by atoms with van der Waals surface area (Å²) in [7, 11) is 0. The number of fused-ring (bicyclic) bond motifs is 1. The van der Waals surface area contributed by atoms with Crippen LogP contribution < -0.4 is 10.1 Å². The minimum Gasteiger partial charge on any atom is -0.494 e. The number of hydrogen-bond donors (Lipinski definition) is 1. The molecule has 0 spiro atoms. The van der Waals surface area contributed by atoms with E-state index in [1.807, 2.05) is 6.92 Å². The highest BCUT2D eigenvalue weighted by molar-refractivity contribution is 6.01. The molecular weight excluding hydrogens is 402 g/mol. The van der Waals surface area contributed by atoms with Gasteiger partial charge in [-0.3, -0.25) is 9.59 Å². The average molecular weight is 422 g/mol. The first kappa shape index (κ1) is 20.5. The molecule has 7 heteroatoms. The predicted molar refractivity (Wildman–Crippen MR) is 112 cm³/mol. The number of hydrogen-bond acceptors (Lipinski definition) is 3. The fourth-order valence-corrected chi connectivity index (χ4v) is 3.70. The van der Waals surface area contributed by atoms with E-state index in [1.54, 1.807) is 24.3 Å². The number of nitrogens with zero attached hydrogens (tertiary/aromatic N) is 1. The van der Waals surface area contributed by atoms with Crippen LogP contribution in [0.3, 0.4) is 0 Å². The third-order valence-electron chi connectivity index (χ3n) is 5.07. The molecule has 0 bridgehead atoms. The fraction of sp³-hybridized carbons (Fsp3) is 0.167. The Bertz CT molecular complexity index is 1110. The van der Waals surface area contributed by atoms with Crippen LogP contribution in [0.25, 0.3) is 0 Å². The summed E-state index contributed by atoms with van der Waals surface area (Å²) in [6.07, 6.45) is 0. The van der Waals surface area contributed by atoms with Gasteiger partial charge in [-0.1, -0.05) is 12.1 Å². The van der Waals surface area contributed by atoms with E-state index in [0.717, 1.165) is 0 Å². The summed E-state index contributed by atoms with van der Waals surface area (Å²) in [5.41, 5.74) is 1.73. The molecule has 1 atom stereocenters. The molecule has 1 N–H and O–H groups in total. The monoisotopic (exact) mass is 422 g/mol. The summed E-state index contributed by atoms with van der Waals surface area (Å²) in [6.45, 7) is 2.11. The SMILES string of the molecule is CCOc1ccc(C(=O)N2CC(=O)Nc3ccc(F)cc3[C@@H]2c2ccc(F)cc2)cc1. The molecule has 1 aliphatic rings. The van der Waals surface area contributed by atoms with Crippen molar-refractivity contribution < 1.29 is 23.1 Å². The Hall–Kier alpha value is -3.74. The van der Waals surface area contributed by atoms with E-state index >= 15 is 0 Å². The zero-order valence-corrected chi connectivity index (χ0v) is 16.8. The highest BCUT2D eigenvalue weighted by atomic mass is 19.1. The van der Waals surface area contributed by atoms with Crippen molar-refractivity contribution in [3.05, 3.63) is 95.1 Å². The number of carbonyl (C=O) groups excluding carboxylic acids is 2. The minimum atomic E-state index is -0.788. The summed E-state index contributed by atoms with van der Waals surface area (Å²) >= 11 is 0. The first-order chi connectivity index (χ1) is 15.0. The second kappa shape index (κ2) is 8.55. The summed E-state index contributed by atoms with van der Waals surface area (Å²) in [4.78, 5) is 27.4. The van der Waals surface area contributed by atoms with Crippen molar-refractivity contribution in [3.8, 4) is 5.75 Å². The normalized spacial score (nSPS) is 15.6. The molecule has 158 valence electrons. The first-order valence-electron chi connectivity index (χ1n) is 9.85. The smallest absolute Gasteiger partial charge is 0.255 e. The van der Waals surface area contributed by atoms with Crippen LogP contribution >= 0.6 is 0 Å². The molecule has 3 aromatic rings. The van der Waals surface area contributed by atoms with Crippen LogP contribution in [-0.2, 0) is 4.79 Å². The molecule has 0 unspecified atom stereocenters. The maximum absolute atomic E-state index is 14.2. The van der Waals surface area contributed by atoms with Crippen LogP contribution in [0.15, 0.2) is 66.7 Å². The average Bonchev–Trinajstić information content (AvgIpc) is 2.90. The quantitative estimate of drug-likeness (QED) is 0.671. The number of rotatable bonds is 4. The van der Waals surface area contributed by atoms with Gasteiger partial charge < -0.3 is 15.0 Å². The Kier molecular flexibility index (Phi) is 5.66. The van der Waals surface area contributed by atoms with Gasteiger partial charge in [-0.25, -0.2) is 8.78 Å². The van der Waals surface area contributed by atoms with Crippen LogP contribution in [0, 0.1) is 11.6 Å². The van der Waals surface area contributed by atoms with Crippen molar-refractivity contribution in [2.24, 2.45) is 0 Å². The second-order valence-corrected chi connectivity index (χ2v) is 7.12. The van der Waals surface area contributed by atoms with Crippen molar-refractivity contribution in [1.82, 2.24) is 4.90 Å². The van der Waals surface area contributed by atoms with E-state index in [1.165, 1.54) is 47.4 Å². The lowest BCUT2D eigenvalue weighted by atomic mass is 9.95. The molecular formula is C24H20F2N2O3. The number of amides is 2. The van der Waals surface area contributed by atoms with Crippen LogP contribution in [0.4, 0.5) is 14.5 Å². The topological polar surface area (TPSA) is 58.6 Å². The molecule has 4 rings (SSSR count). The highest BCUT2D eigenvalue weighted by Gasteiger charge is 2.34. The van der Waals surface area contributed by atoms with Gasteiger partial charge in [0.25, 0.3) is 5.91 Å². The summed E-state index contributed by atoms with van der Waals surface area (Å²) in [5, 5.41) is 2.73. The Labute approximate surface area is 178 Å². The Morgan fingerprint density at radius 3 is 2.39 bits per heavy atom. The zero-order valence-electron chi connectivity index (χ0n) is 16.8. The Balaban J connectivity index is 1.82. The van der Waals surface area contributed by atoms with Crippen LogP contribution in [-0.4, -0.2) is 29.9 Å². The van der Waals surface area contributed by atoms with Gasteiger partial charge in [0.1, 0.15) is 23.9 Å². The first-order valence-corrected chi connectivity index (χ1v) is 9.85. The van der Waals surface area contributed by atoms with E-state index in [0.29, 0.717) is 34.7 Å². The predicted octanol–water partition coefficient (Wildman–Crippen LogP) is 4.55. The maximum atomic E-state index is 14.2. The van der Waals surface area contributed by atoms with Gasteiger partial charge in [-0.05, 0) is 67.1 Å². The third kappa shape index (κ3) is 4.26. The molecule has 3 aromatic carbocycles. The van der Waals surface area contributed by atoms with Crippen LogP contribution in [0.2, 0.25) is 0 Å². The van der Waals surface area contributed by atoms with E-state index in [4.69, 9.17) is 4.74 Å². The zero-order chi connectivity index (χ0) is 22.0. The molecule has 0 aromatic heterocycles. The molecule has 2 amide bonds. The second-order valence-electron chi connectivity index (χ2n) is 7.12. The van der Waals surface area contributed by atoms with Crippen molar-refractivity contribution in [1.29, 1.82) is 0 Å². The number of nitrogens with one attached hydrogen (secondary N) is 1. The minimum absolute atomic E-state index is 0.246. The van der Waals surface area contributed by atoms with Crippen LogP contribution in [0.1, 0.15) is 34.5 Å². The molecule has 31 heavy (non-hydrogen) atoms. The lowest BCUT2D eigenvalue weighted by molar-refractivity contribution is -0.117. The van der Waals surface area contributed by atoms with Crippen molar-refractivity contribution >= 4 is 17.5 Å². The number of benzene rings is 3. The lowest BCUT2D eigenvalue weighted by Gasteiger charge is -2.30. The number of halogens is 2. The number of ether oxygens (including phenoxy) is 1. The molecule has 5 nitrogen and oxygen atoms in total. The maximum Gasteiger partial charge on any atom is 0.255 e. The number of anilines is 1. The molecule has 1 aliphatic heterocycles. The molecule has 1 heterocycles. The third-order valence-corrected chi connectivity index (χ3v) is 5.07. The summed E-state index contributed by atoms with van der Waals surface area (Å²) in [5.74, 6) is -1.14. The standard InChI is InChI=1S/C24H20F2N2O3/c1-2-31-19-10-5-16(6-11-19)24(30)28-14-22(29)27-21-12-9-18(26)13-20(21)23(28)15-3-7-17(25)8-4-15/h3-13,23H,2,14H2,1H3,(H,27,29)/t23-/m0/s1. The molecule has 0 aliphatic carbocycles. The Morgan fingerprint density at radius 1 is 1.03 bits per heavy atom. The van der Waals surface area contributed by atoms with Crippen molar-refractivity contribution in [2.45, 2.75) is 13.0 Å². The Morgan fingerprint density at radius 2 is 1.71 bits per heavy atom. The summed E-state index contributed by atoms with van der Waals surface area (Å²) in [6, 6.07) is 15.4. The van der Waals surface area contributed by atoms with Gasteiger partial charge >= 0.3 is 0 Å². The van der Waals surface area contributed by atoms with Crippen LogP contribution in [0.5, 0.6) is 5.75 Å². The molecule has 0 saturated heterocycles. The largest absolute Gasteiger partial charge is 0.494 e. The van der Waals surface area contributed by atoms with Gasteiger partial charge in [0.15, 0.2) is 0 Å². The van der Waals surface area contributed by atoms with E-state index in [-0.39, 0.29) is 6.54 Å². The highest BCUT2D eigenvalue weighted by Crippen LogP contribution is 2.37. The molecule has 0 fully saturated rings. The summed E-state index contributed by atoms with van der Waals surface area (Å²) < 4.78 is 33.1. The number of carbonyl (C=O) groups is 2. The van der Waals surface area contributed by atoms with Crippen molar-refractivity contribution in [3.63, 3.8) is 0 Å². The van der Waals surface area contributed by atoms with E-state index in [9.17, 15) is 18.4 Å². The lowest BCUT2D eigenvalue weighted by Crippen LogP contribution is -2.39. The fourth-order valence-electron chi connectivity index (χ4n) is 3.70.